The van der Waals surface area contributed by atoms with Gasteiger partial charge in [-0.15, -0.1) is 0 Å². The van der Waals surface area contributed by atoms with Crippen LogP contribution >= 0.6 is 0 Å². The zero-order chi connectivity index (χ0) is 49.3. The van der Waals surface area contributed by atoms with E-state index >= 15 is 0 Å². The Hall–Kier alpha value is -1.92. The minimum atomic E-state index is -0.667. The molecule has 0 aliphatic rings. The number of carbonyl (C=O) groups is 2. The maximum atomic E-state index is 12.5. The van der Waals surface area contributed by atoms with Crippen molar-refractivity contribution in [3.8, 4) is 0 Å². The first kappa shape index (κ1) is 66.1. The summed E-state index contributed by atoms with van der Waals surface area (Å²) in [4.78, 5) is 24.5. The van der Waals surface area contributed by atoms with Crippen LogP contribution in [-0.2, 0) is 14.3 Å². The lowest BCUT2D eigenvalue weighted by molar-refractivity contribution is -0.143. The lowest BCUT2D eigenvalue weighted by Crippen LogP contribution is -2.45. The molecule has 0 aromatic carbocycles. The number of aliphatic hydroxyl groups excluding tert-OH is 2. The van der Waals surface area contributed by atoms with Crippen LogP contribution in [0.3, 0.4) is 0 Å². The number of unbranched alkanes of at least 4 members (excludes halogenated alkanes) is 39. The van der Waals surface area contributed by atoms with Crippen LogP contribution in [0.25, 0.3) is 0 Å². The lowest BCUT2D eigenvalue weighted by atomic mass is 10.0. The zero-order valence-electron chi connectivity index (χ0n) is 45.6. The first-order valence-electron chi connectivity index (χ1n) is 30.2. The molecule has 6 nitrogen and oxygen atoms in total. The quantitative estimate of drug-likeness (QED) is 0.0321. The third-order valence-electron chi connectivity index (χ3n) is 13.9. The fraction of sp³-hybridized carbons (Fsp3) is 0.871. The Morgan fingerprint density at radius 2 is 0.735 bits per heavy atom. The fourth-order valence-electron chi connectivity index (χ4n) is 9.30. The minimum Gasteiger partial charge on any atom is -0.465 e. The maximum absolute atomic E-state index is 12.5. The lowest BCUT2D eigenvalue weighted by Gasteiger charge is -2.22. The number of hydrogen-bond donors (Lipinski definition) is 3. The van der Waals surface area contributed by atoms with E-state index < -0.39 is 12.1 Å². The summed E-state index contributed by atoms with van der Waals surface area (Å²) in [5.74, 6) is -0.0781. The number of ether oxygens (including phenoxy) is 1. The molecule has 1 amide bonds. The molecule has 2 unspecified atom stereocenters. The first-order chi connectivity index (χ1) is 33.5. The summed E-state index contributed by atoms with van der Waals surface area (Å²) in [6, 6.07) is -0.545. The second kappa shape index (κ2) is 57.7. The van der Waals surface area contributed by atoms with Gasteiger partial charge in [0.15, 0.2) is 0 Å². The van der Waals surface area contributed by atoms with Crippen LogP contribution < -0.4 is 5.32 Å². The summed E-state index contributed by atoms with van der Waals surface area (Å²) >= 11 is 0. The van der Waals surface area contributed by atoms with Crippen LogP contribution in [0.4, 0.5) is 0 Å². The molecule has 6 heteroatoms. The van der Waals surface area contributed by atoms with Gasteiger partial charge in [0, 0.05) is 12.8 Å². The van der Waals surface area contributed by atoms with E-state index in [1.807, 2.05) is 0 Å². The summed E-state index contributed by atoms with van der Waals surface area (Å²) in [5.41, 5.74) is 0. The Morgan fingerprint density at radius 1 is 0.412 bits per heavy atom. The molecule has 0 fully saturated rings. The van der Waals surface area contributed by atoms with Crippen molar-refractivity contribution in [2.75, 3.05) is 13.2 Å². The molecule has 2 atom stereocenters. The molecular formula is C62H117NO5. The van der Waals surface area contributed by atoms with Gasteiger partial charge in [0.05, 0.1) is 25.4 Å². The molecule has 0 aliphatic carbocycles. The van der Waals surface area contributed by atoms with Gasteiger partial charge in [-0.2, -0.15) is 0 Å². The number of aliphatic hydroxyl groups is 2. The molecule has 0 aromatic heterocycles. The van der Waals surface area contributed by atoms with E-state index in [0.29, 0.717) is 25.9 Å². The molecule has 0 spiro atoms. The molecule has 0 aliphatic heterocycles. The zero-order valence-corrected chi connectivity index (χ0v) is 45.6. The molecule has 68 heavy (non-hydrogen) atoms. The maximum Gasteiger partial charge on any atom is 0.305 e. The predicted octanol–water partition coefficient (Wildman–Crippen LogP) is 18.8. The second-order valence-electron chi connectivity index (χ2n) is 20.7. The van der Waals surface area contributed by atoms with E-state index in [2.05, 4.69) is 55.6 Å². The largest absolute Gasteiger partial charge is 0.465 e. The third-order valence-corrected chi connectivity index (χ3v) is 13.9. The van der Waals surface area contributed by atoms with Gasteiger partial charge in [-0.05, 0) is 70.6 Å². The monoisotopic (exact) mass is 956 g/mol. The summed E-state index contributed by atoms with van der Waals surface area (Å²) < 4.78 is 5.43. The molecule has 0 saturated heterocycles. The first-order valence-corrected chi connectivity index (χ1v) is 30.2. The van der Waals surface area contributed by atoms with Gasteiger partial charge in [-0.3, -0.25) is 9.59 Å². The predicted molar refractivity (Wildman–Crippen MR) is 296 cm³/mol. The van der Waals surface area contributed by atoms with Gasteiger partial charge in [-0.1, -0.05) is 275 Å². The Kier molecular flexibility index (Phi) is 56.0. The number of rotatable bonds is 56. The summed E-state index contributed by atoms with van der Waals surface area (Å²) in [7, 11) is 0. The van der Waals surface area contributed by atoms with Gasteiger partial charge in [0.2, 0.25) is 5.91 Å². The Bertz CT molecular complexity index is 1100. The fourth-order valence-corrected chi connectivity index (χ4v) is 9.30. The van der Waals surface area contributed by atoms with Crippen molar-refractivity contribution in [2.45, 2.75) is 334 Å². The number of carbonyl (C=O) groups excluding carboxylic acids is 2. The van der Waals surface area contributed by atoms with E-state index in [1.165, 1.54) is 238 Å². The van der Waals surface area contributed by atoms with Crippen molar-refractivity contribution in [3.63, 3.8) is 0 Å². The van der Waals surface area contributed by atoms with Gasteiger partial charge in [0.25, 0.3) is 0 Å². The Labute approximate surface area is 424 Å². The van der Waals surface area contributed by atoms with E-state index in [-0.39, 0.29) is 18.5 Å². The highest BCUT2D eigenvalue weighted by Gasteiger charge is 2.20. The van der Waals surface area contributed by atoms with Gasteiger partial charge < -0.3 is 20.3 Å². The molecule has 400 valence electrons. The molecule has 0 bridgehead atoms. The highest BCUT2D eigenvalue weighted by molar-refractivity contribution is 5.76. The van der Waals surface area contributed by atoms with Crippen molar-refractivity contribution >= 4 is 11.9 Å². The van der Waals surface area contributed by atoms with Crippen LogP contribution in [0, 0.1) is 0 Å². The molecule has 0 radical (unpaired) electrons. The van der Waals surface area contributed by atoms with Gasteiger partial charge >= 0.3 is 5.97 Å². The number of hydrogen-bond acceptors (Lipinski definition) is 5. The van der Waals surface area contributed by atoms with Gasteiger partial charge in [0.1, 0.15) is 0 Å². The molecule has 0 rings (SSSR count). The number of nitrogens with one attached hydrogen (secondary N) is 1. The van der Waals surface area contributed by atoms with E-state index in [4.69, 9.17) is 4.74 Å². The summed E-state index contributed by atoms with van der Waals surface area (Å²) in [6.45, 7) is 4.84. The van der Waals surface area contributed by atoms with E-state index in [1.54, 1.807) is 0 Å². The smallest absolute Gasteiger partial charge is 0.305 e. The molecule has 0 saturated carbocycles. The van der Waals surface area contributed by atoms with Crippen LogP contribution in [0.1, 0.15) is 322 Å². The Morgan fingerprint density at radius 3 is 1.13 bits per heavy atom. The van der Waals surface area contributed by atoms with Crippen LogP contribution in [0.5, 0.6) is 0 Å². The normalized spacial score (nSPS) is 12.8. The molecule has 0 heterocycles. The average Bonchev–Trinajstić information content (AvgIpc) is 3.34. The van der Waals surface area contributed by atoms with Crippen molar-refractivity contribution in [1.82, 2.24) is 5.32 Å². The third kappa shape index (κ3) is 53.4. The highest BCUT2D eigenvalue weighted by atomic mass is 16.5. The number of amides is 1. The minimum absolute atomic E-state index is 0.0381. The average molecular weight is 957 g/mol. The summed E-state index contributed by atoms with van der Waals surface area (Å²) in [6.07, 6.45) is 71.6. The van der Waals surface area contributed by atoms with Crippen molar-refractivity contribution in [3.05, 3.63) is 36.5 Å². The van der Waals surface area contributed by atoms with Crippen LogP contribution in [0.2, 0.25) is 0 Å². The van der Waals surface area contributed by atoms with Crippen molar-refractivity contribution in [2.24, 2.45) is 0 Å². The van der Waals surface area contributed by atoms with Crippen molar-refractivity contribution < 1.29 is 24.5 Å². The Balaban J connectivity index is 3.44. The summed E-state index contributed by atoms with van der Waals surface area (Å²) in [5, 5.41) is 23.2. The second-order valence-corrected chi connectivity index (χ2v) is 20.7. The molecule has 3 N–H and O–H groups in total. The van der Waals surface area contributed by atoms with E-state index in [9.17, 15) is 19.8 Å². The van der Waals surface area contributed by atoms with Crippen molar-refractivity contribution in [1.29, 1.82) is 0 Å². The topological polar surface area (TPSA) is 95.9 Å². The van der Waals surface area contributed by atoms with Gasteiger partial charge in [-0.25, -0.2) is 0 Å². The van der Waals surface area contributed by atoms with Crippen LogP contribution in [-0.4, -0.2) is 47.4 Å². The SMILES string of the molecule is CCCCCCCCC/C=C\CCCCCCCCCC(=O)OCC/C=C\C/C=C\CCCCCCCCCCCCCCCCC(=O)NC(CO)C(O)CCCCCCCCCCCCCC. The molecule has 0 aromatic rings. The highest BCUT2D eigenvalue weighted by Crippen LogP contribution is 2.17. The van der Waals surface area contributed by atoms with Crippen LogP contribution in [0.15, 0.2) is 36.5 Å². The number of allylic oxidation sites excluding steroid dienone is 5. The standard InChI is InChI=1S/C62H117NO5/c1-3-5-7-9-11-13-15-17-18-19-26-29-32-36-40-44-48-52-56-62(67)68-57-53-49-45-41-37-33-30-27-24-22-20-21-23-25-28-31-35-39-43-47-51-55-61(66)63-59(58-64)60(65)54-50-46-42-38-34-16-14-12-10-8-6-4-2/h18-19,33,37,45,49,59-60,64-65H,3-17,20-32,34-36,38-44,46-48,50-58H2,1-2H3,(H,63,66)/b19-18-,37-33-,49-45-. The number of esters is 1. The molecular weight excluding hydrogens is 839 g/mol. The van der Waals surface area contributed by atoms with E-state index in [0.717, 1.165) is 51.4 Å².